The van der Waals surface area contributed by atoms with E-state index in [1.165, 1.54) is 12.8 Å². The van der Waals surface area contributed by atoms with Crippen molar-refractivity contribution in [2.24, 2.45) is 5.41 Å². The Bertz CT molecular complexity index is 1300. The number of piperidine rings is 1. The lowest BCUT2D eigenvalue weighted by Gasteiger charge is -2.51. The summed E-state index contributed by atoms with van der Waals surface area (Å²) in [5, 5.41) is 5.88. The third kappa shape index (κ3) is 4.76. The number of anilines is 3. The van der Waals surface area contributed by atoms with E-state index in [-0.39, 0.29) is 17.2 Å². The second-order valence-electron chi connectivity index (χ2n) is 12.4. The minimum absolute atomic E-state index is 0.0519. The minimum atomic E-state index is -1.01. The molecule has 1 amide bonds. The van der Waals surface area contributed by atoms with Gasteiger partial charge in [-0.05, 0) is 88.6 Å². The van der Waals surface area contributed by atoms with Gasteiger partial charge in [0, 0.05) is 53.8 Å². The number of benzene rings is 1. The lowest BCUT2D eigenvalue weighted by atomic mass is 9.63. The van der Waals surface area contributed by atoms with Gasteiger partial charge in [-0.25, -0.2) is 9.99 Å². The number of rotatable bonds is 8. The number of fused-ring (bicyclic) bond motifs is 1. The molecule has 1 aromatic carbocycles. The highest BCUT2D eigenvalue weighted by Crippen LogP contribution is 2.51. The molecular formula is C30H42N6O3S. The van der Waals surface area contributed by atoms with Gasteiger partial charge in [-0.15, -0.1) is 0 Å². The number of hydrazine groups is 1. The Balaban J connectivity index is 1.17. The molecule has 9 nitrogen and oxygen atoms in total. The monoisotopic (exact) mass is 566 g/mol. The summed E-state index contributed by atoms with van der Waals surface area (Å²) in [7, 11) is 2.60. The molecule has 2 aliphatic carbocycles. The number of aromatic nitrogens is 2. The number of hydrogen-bond acceptors (Lipinski definition) is 8. The van der Waals surface area contributed by atoms with Crippen molar-refractivity contribution >= 4 is 34.2 Å². The Morgan fingerprint density at radius 3 is 2.55 bits per heavy atom. The first-order chi connectivity index (χ1) is 19.3. The number of amides is 1. The van der Waals surface area contributed by atoms with Gasteiger partial charge in [0.2, 0.25) is 11.9 Å². The van der Waals surface area contributed by atoms with Crippen LogP contribution in [0.1, 0.15) is 69.4 Å². The van der Waals surface area contributed by atoms with Crippen LogP contribution in [0.15, 0.2) is 29.3 Å². The third-order valence-corrected chi connectivity index (χ3v) is 11.5. The maximum atomic E-state index is 13.6. The van der Waals surface area contributed by atoms with E-state index in [2.05, 4.69) is 20.7 Å². The molecule has 3 fully saturated rings. The number of aryl methyl sites for hydroxylation is 1. The van der Waals surface area contributed by atoms with Gasteiger partial charge in [0.25, 0.3) is 0 Å². The molecule has 1 spiro atoms. The van der Waals surface area contributed by atoms with Gasteiger partial charge in [0.15, 0.2) is 0 Å². The summed E-state index contributed by atoms with van der Waals surface area (Å²) in [6.45, 7) is 6.39. The molecule has 4 aliphatic rings. The van der Waals surface area contributed by atoms with Crippen molar-refractivity contribution in [2.75, 3.05) is 44.1 Å². The molecule has 2 unspecified atom stereocenters. The van der Waals surface area contributed by atoms with Crippen molar-refractivity contribution in [3.8, 4) is 0 Å². The first kappa shape index (κ1) is 27.8. The fraction of sp³-hybridized carbons (Fsp3) is 0.633. The van der Waals surface area contributed by atoms with Crippen molar-refractivity contribution in [2.45, 2.75) is 86.8 Å². The molecule has 10 heteroatoms. The number of nitrogens with one attached hydrogen (secondary N) is 2. The Morgan fingerprint density at radius 1 is 1.18 bits per heavy atom. The second kappa shape index (κ2) is 10.8. The summed E-state index contributed by atoms with van der Waals surface area (Å²) in [6, 6.07) is 6.15. The van der Waals surface area contributed by atoms with Gasteiger partial charge >= 0.3 is 0 Å². The number of ether oxygens (including phenoxy) is 1. The fourth-order valence-corrected chi connectivity index (χ4v) is 9.19. The quantitative estimate of drug-likeness (QED) is 0.490. The molecule has 2 saturated carbocycles. The van der Waals surface area contributed by atoms with Crippen LogP contribution in [0, 0.1) is 12.3 Å². The van der Waals surface area contributed by atoms with Crippen LogP contribution in [-0.4, -0.2) is 70.2 Å². The van der Waals surface area contributed by atoms with Gasteiger partial charge in [-0.2, -0.15) is 4.98 Å². The highest BCUT2D eigenvalue weighted by atomic mass is 32.2. The number of carbonyl (C=O) groups excluding carboxylic acids is 1. The molecule has 3 heterocycles. The van der Waals surface area contributed by atoms with Crippen molar-refractivity contribution in [1.29, 1.82) is 0 Å². The zero-order valence-corrected chi connectivity index (χ0v) is 25.0. The second-order valence-corrected chi connectivity index (χ2v) is 14.2. The summed E-state index contributed by atoms with van der Waals surface area (Å²) in [5.41, 5.74) is 5.55. The summed E-state index contributed by atoms with van der Waals surface area (Å²) < 4.78 is 18.9. The standard InChI is InChI=1S/C30H42N6O3S/c1-20-15-22(40(38)23-16-30(17-23)11-13-35(31-3)14-12-30)9-10-25(20)33-28-32-18-24-26(34-28)36(21-7-5-6-8-21)27(37)29(24,2)19-39-4/h9-10,15,18,21,23,31H,5-8,11-14,16-17,19H2,1-4H3,(H,32,33,34). The maximum Gasteiger partial charge on any atom is 0.241 e. The van der Waals surface area contributed by atoms with Crippen LogP contribution in [-0.2, 0) is 25.7 Å². The van der Waals surface area contributed by atoms with Crippen LogP contribution in [0.4, 0.5) is 17.5 Å². The van der Waals surface area contributed by atoms with Gasteiger partial charge in [0.05, 0.1) is 17.4 Å². The molecule has 1 saturated heterocycles. The Labute approximate surface area is 239 Å². The summed E-state index contributed by atoms with van der Waals surface area (Å²) in [5.74, 6) is 1.21. The first-order valence-corrected chi connectivity index (χ1v) is 15.9. The zero-order valence-electron chi connectivity index (χ0n) is 24.2. The van der Waals surface area contributed by atoms with E-state index < -0.39 is 16.2 Å². The van der Waals surface area contributed by atoms with Crippen LogP contribution in [0.5, 0.6) is 0 Å². The average molecular weight is 567 g/mol. The van der Waals surface area contributed by atoms with Crippen LogP contribution in [0.2, 0.25) is 0 Å². The lowest BCUT2D eigenvalue weighted by Crippen LogP contribution is -2.52. The zero-order chi connectivity index (χ0) is 28.1. The number of hydrogen-bond donors (Lipinski definition) is 2. The van der Waals surface area contributed by atoms with E-state index in [0.29, 0.717) is 23.8 Å². The summed E-state index contributed by atoms with van der Waals surface area (Å²) in [6.07, 6.45) is 10.5. The predicted octanol–water partition coefficient (Wildman–Crippen LogP) is 4.21. The lowest BCUT2D eigenvalue weighted by molar-refractivity contribution is -0.124. The highest BCUT2D eigenvalue weighted by Gasteiger charge is 2.51. The van der Waals surface area contributed by atoms with Crippen LogP contribution < -0.4 is 15.6 Å². The average Bonchev–Trinajstić information content (AvgIpc) is 3.53. The number of nitrogens with zero attached hydrogens (tertiary/aromatic N) is 4. The highest BCUT2D eigenvalue weighted by molar-refractivity contribution is 7.85. The molecule has 0 radical (unpaired) electrons. The van der Waals surface area contributed by atoms with Gasteiger partial charge in [0.1, 0.15) is 11.2 Å². The van der Waals surface area contributed by atoms with Gasteiger partial charge < -0.3 is 10.1 Å². The van der Waals surface area contributed by atoms with Gasteiger partial charge in [-0.3, -0.25) is 19.3 Å². The van der Waals surface area contributed by atoms with E-state index in [1.807, 2.05) is 44.0 Å². The first-order valence-electron chi connectivity index (χ1n) is 14.7. The largest absolute Gasteiger partial charge is 0.383 e. The van der Waals surface area contributed by atoms with Crippen molar-refractivity contribution in [1.82, 2.24) is 20.4 Å². The summed E-state index contributed by atoms with van der Waals surface area (Å²) >= 11 is 0. The Kier molecular flexibility index (Phi) is 7.48. The molecule has 0 bridgehead atoms. The van der Waals surface area contributed by atoms with E-state index >= 15 is 0 Å². The summed E-state index contributed by atoms with van der Waals surface area (Å²) in [4.78, 5) is 25.9. The van der Waals surface area contributed by atoms with Crippen molar-refractivity contribution in [3.05, 3.63) is 35.5 Å². The van der Waals surface area contributed by atoms with Crippen LogP contribution >= 0.6 is 0 Å². The van der Waals surface area contributed by atoms with E-state index in [0.717, 1.165) is 73.3 Å². The molecule has 2 aromatic rings. The van der Waals surface area contributed by atoms with Crippen molar-refractivity contribution < 1.29 is 13.7 Å². The molecule has 6 rings (SSSR count). The SMILES string of the molecule is CNN1CCC2(CC1)CC(S(=O)c1ccc(Nc3ncc4c(n3)N(C3CCCC3)C(=O)C4(C)COC)c(C)c1)C2. The normalized spacial score (nSPS) is 25.8. The smallest absolute Gasteiger partial charge is 0.241 e. The fourth-order valence-electron chi connectivity index (χ4n) is 7.30. The maximum absolute atomic E-state index is 13.6. The molecule has 2 N–H and O–H groups in total. The minimum Gasteiger partial charge on any atom is -0.383 e. The van der Waals surface area contributed by atoms with E-state index in [1.54, 1.807) is 13.3 Å². The van der Waals surface area contributed by atoms with Crippen LogP contribution in [0.3, 0.4) is 0 Å². The van der Waals surface area contributed by atoms with E-state index in [9.17, 15) is 9.00 Å². The molecule has 2 aliphatic heterocycles. The molecule has 1 aromatic heterocycles. The Morgan fingerprint density at radius 2 is 1.90 bits per heavy atom. The van der Waals surface area contributed by atoms with Crippen molar-refractivity contribution in [3.63, 3.8) is 0 Å². The molecule has 40 heavy (non-hydrogen) atoms. The number of carbonyl (C=O) groups is 1. The third-order valence-electron chi connectivity index (χ3n) is 9.85. The topological polar surface area (TPSA) is 99.7 Å². The Hall–Kier alpha value is -2.40. The number of methoxy groups -OCH3 is 1. The van der Waals surface area contributed by atoms with E-state index in [4.69, 9.17) is 9.72 Å². The van der Waals surface area contributed by atoms with Crippen LogP contribution in [0.25, 0.3) is 0 Å². The molecule has 216 valence electrons. The predicted molar refractivity (Wildman–Crippen MR) is 157 cm³/mol. The molecular weight excluding hydrogens is 524 g/mol. The molecule has 2 atom stereocenters. The van der Waals surface area contributed by atoms with Gasteiger partial charge in [-0.1, -0.05) is 12.8 Å².